The molecule has 0 bridgehead atoms. The number of carbonyl (C=O) groups excluding carboxylic acids is 4. The van der Waals surface area contributed by atoms with Gasteiger partial charge in [0.15, 0.2) is 0 Å². The van der Waals surface area contributed by atoms with Crippen molar-refractivity contribution in [3.63, 3.8) is 0 Å². The first-order valence-corrected chi connectivity index (χ1v) is 9.32. The lowest BCUT2D eigenvalue weighted by molar-refractivity contribution is -0.127. The Bertz CT molecular complexity index is 770. The van der Waals surface area contributed by atoms with Crippen LogP contribution in [-0.4, -0.2) is 55.5 Å². The lowest BCUT2D eigenvalue weighted by Gasteiger charge is -2.12. The van der Waals surface area contributed by atoms with E-state index in [0.29, 0.717) is 11.5 Å². The predicted octanol–water partition coefficient (Wildman–Crippen LogP) is -1.45. The molecule has 1 aromatic rings. The molecule has 0 fully saturated rings. The van der Waals surface area contributed by atoms with Crippen molar-refractivity contribution in [2.24, 2.45) is 11.5 Å². The predicted molar refractivity (Wildman–Crippen MR) is 105 cm³/mol. The van der Waals surface area contributed by atoms with Crippen molar-refractivity contribution < 1.29 is 23.9 Å². The number of rotatable bonds is 10. The van der Waals surface area contributed by atoms with Crippen molar-refractivity contribution in [1.29, 1.82) is 0 Å². The molecule has 0 aliphatic rings. The Morgan fingerprint density at radius 1 is 1.11 bits per heavy atom. The number of ketones is 1. The second-order valence-corrected chi connectivity index (χ2v) is 6.53. The second kappa shape index (κ2) is 12.4. The van der Waals surface area contributed by atoms with Crippen LogP contribution in [-0.2, 0) is 24.9 Å². The van der Waals surface area contributed by atoms with Gasteiger partial charge in [0, 0.05) is 17.4 Å². The fourth-order valence-corrected chi connectivity index (χ4v) is 2.77. The van der Waals surface area contributed by atoms with Crippen LogP contribution in [0.25, 0.3) is 0 Å². The maximum Gasteiger partial charge on any atom is 0.293 e. The summed E-state index contributed by atoms with van der Waals surface area (Å²) >= 11 is 1.49. The number of nitrogens with one attached hydrogen (secondary N) is 2. The van der Waals surface area contributed by atoms with Gasteiger partial charge in [-0.1, -0.05) is 12.1 Å². The van der Waals surface area contributed by atoms with Gasteiger partial charge in [0.05, 0.1) is 26.2 Å². The van der Waals surface area contributed by atoms with E-state index in [9.17, 15) is 19.2 Å². The third-order valence-electron chi connectivity index (χ3n) is 3.26. The zero-order valence-electron chi connectivity index (χ0n) is 15.3. The summed E-state index contributed by atoms with van der Waals surface area (Å²) in [7, 11) is 1.59. The minimum absolute atomic E-state index is 0.327. The Morgan fingerprint density at radius 2 is 1.79 bits per heavy atom. The van der Waals surface area contributed by atoms with E-state index in [-0.39, 0.29) is 6.54 Å². The van der Waals surface area contributed by atoms with Crippen LogP contribution < -0.4 is 26.8 Å². The molecule has 1 aromatic carbocycles. The number of ether oxygens (including phenoxy) is 1. The van der Waals surface area contributed by atoms with Gasteiger partial charge < -0.3 is 26.8 Å². The minimum atomic E-state index is -0.939. The van der Waals surface area contributed by atoms with Gasteiger partial charge in [0.1, 0.15) is 5.75 Å². The largest absolute Gasteiger partial charge is 0.497 e. The van der Waals surface area contributed by atoms with Crippen LogP contribution in [0.1, 0.15) is 5.56 Å². The summed E-state index contributed by atoms with van der Waals surface area (Å²) in [6.07, 6.45) is 0. The molecule has 1 rings (SSSR count). The Morgan fingerprint density at radius 3 is 2.39 bits per heavy atom. The number of nitrogens with two attached hydrogens (primary N) is 2. The molecule has 28 heavy (non-hydrogen) atoms. The number of thioether (sulfide) groups is 1. The van der Waals surface area contributed by atoms with Gasteiger partial charge in [-0.2, -0.15) is 11.8 Å². The summed E-state index contributed by atoms with van der Waals surface area (Å²) in [6, 6.07) is 6.78. The van der Waals surface area contributed by atoms with Crippen LogP contribution in [0, 0.1) is 11.8 Å². The highest BCUT2D eigenvalue weighted by atomic mass is 32.2. The average molecular weight is 406 g/mol. The van der Waals surface area contributed by atoms with Crippen molar-refractivity contribution in [3.8, 4) is 17.6 Å². The molecule has 6 N–H and O–H groups in total. The highest BCUT2D eigenvalue weighted by Crippen LogP contribution is 2.16. The fourth-order valence-electron chi connectivity index (χ4n) is 1.82. The van der Waals surface area contributed by atoms with E-state index in [4.69, 9.17) is 16.2 Å². The third-order valence-corrected chi connectivity index (χ3v) is 4.39. The SMILES string of the molecule is COc1ccc(CSCC(N)C(=O)NCC(=O)NCC(=O)C#CC(N)=O)cc1. The zero-order valence-corrected chi connectivity index (χ0v) is 16.1. The highest BCUT2D eigenvalue weighted by molar-refractivity contribution is 7.98. The molecule has 1 unspecified atom stereocenters. The summed E-state index contributed by atoms with van der Waals surface area (Å²) < 4.78 is 5.09. The van der Waals surface area contributed by atoms with Crippen molar-refractivity contribution in [2.75, 3.05) is 26.0 Å². The monoisotopic (exact) mass is 406 g/mol. The smallest absolute Gasteiger partial charge is 0.293 e. The molecule has 0 saturated heterocycles. The molecular formula is C18H22N4O5S. The molecule has 0 aromatic heterocycles. The number of Topliss-reactive ketones (excluding diaryl/α,β-unsaturated/α-hetero) is 1. The van der Waals surface area contributed by atoms with Crippen molar-refractivity contribution >= 4 is 35.3 Å². The Balaban J connectivity index is 2.24. The molecule has 0 saturated carbocycles. The lowest BCUT2D eigenvalue weighted by atomic mass is 10.2. The quantitative estimate of drug-likeness (QED) is 0.274. The summed E-state index contributed by atoms with van der Waals surface area (Å²) in [6.45, 7) is -0.717. The average Bonchev–Trinajstić information content (AvgIpc) is 2.69. The standard InChI is InChI=1S/C18H22N4O5S/c1-27-14-5-2-12(3-6-14)10-28-11-15(19)18(26)22-9-17(25)21-8-13(23)4-7-16(20)24/h2-3,5-6,15H,8-11,19H2,1H3,(H2,20,24)(H,21,25)(H,22,26). The van der Waals surface area contributed by atoms with E-state index in [2.05, 4.69) is 10.6 Å². The molecular weight excluding hydrogens is 384 g/mol. The lowest BCUT2D eigenvalue weighted by Crippen LogP contribution is -2.46. The number of hydrogen-bond acceptors (Lipinski definition) is 7. The molecule has 0 aliphatic carbocycles. The second-order valence-electron chi connectivity index (χ2n) is 5.50. The van der Waals surface area contributed by atoms with E-state index in [1.807, 2.05) is 36.1 Å². The molecule has 0 heterocycles. The maximum atomic E-state index is 11.9. The minimum Gasteiger partial charge on any atom is -0.497 e. The Labute approximate surface area is 166 Å². The van der Waals surface area contributed by atoms with Crippen molar-refractivity contribution in [2.45, 2.75) is 11.8 Å². The Hall–Kier alpha value is -3.03. The van der Waals surface area contributed by atoms with Gasteiger partial charge in [-0.3, -0.25) is 19.2 Å². The van der Waals surface area contributed by atoms with E-state index in [1.165, 1.54) is 11.8 Å². The highest BCUT2D eigenvalue weighted by Gasteiger charge is 2.14. The number of amides is 3. The van der Waals surface area contributed by atoms with Gasteiger partial charge in [-0.05, 0) is 23.6 Å². The number of hydrogen-bond donors (Lipinski definition) is 4. The summed E-state index contributed by atoms with van der Waals surface area (Å²) in [4.78, 5) is 45.2. The molecule has 0 radical (unpaired) electrons. The van der Waals surface area contributed by atoms with Gasteiger partial charge in [-0.15, -0.1) is 0 Å². The summed E-state index contributed by atoms with van der Waals surface area (Å²) in [5.74, 6) is 2.98. The van der Waals surface area contributed by atoms with Crippen LogP contribution in [0.3, 0.4) is 0 Å². The topological polar surface area (TPSA) is 154 Å². The van der Waals surface area contributed by atoms with E-state index >= 15 is 0 Å². The van der Waals surface area contributed by atoms with Crippen LogP contribution in [0.4, 0.5) is 0 Å². The van der Waals surface area contributed by atoms with Gasteiger partial charge in [0.2, 0.25) is 17.6 Å². The van der Waals surface area contributed by atoms with Crippen LogP contribution in [0.5, 0.6) is 5.75 Å². The molecule has 0 aliphatic heterocycles. The zero-order chi connectivity index (χ0) is 20.9. The molecule has 150 valence electrons. The summed E-state index contributed by atoms with van der Waals surface area (Å²) in [5.41, 5.74) is 11.6. The third kappa shape index (κ3) is 9.61. The van der Waals surface area contributed by atoms with Crippen LogP contribution in [0.2, 0.25) is 0 Å². The van der Waals surface area contributed by atoms with Crippen molar-refractivity contribution in [1.82, 2.24) is 10.6 Å². The van der Waals surface area contributed by atoms with Gasteiger partial charge in [-0.25, -0.2) is 0 Å². The first-order valence-electron chi connectivity index (χ1n) is 8.16. The Kier molecular flexibility index (Phi) is 10.2. The first kappa shape index (κ1) is 23.0. The number of primary amides is 1. The van der Waals surface area contributed by atoms with Crippen LogP contribution >= 0.6 is 11.8 Å². The molecule has 0 spiro atoms. The maximum absolute atomic E-state index is 11.9. The normalized spacial score (nSPS) is 10.8. The van der Waals surface area contributed by atoms with Gasteiger partial charge >= 0.3 is 0 Å². The van der Waals surface area contributed by atoms with E-state index in [1.54, 1.807) is 7.11 Å². The van der Waals surface area contributed by atoms with E-state index in [0.717, 1.165) is 11.3 Å². The van der Waals surface area contributed by atoms with Crippen LogP contribution in [0.15, 0.2) is 24.3 Å². The number of methoxy groups -OCH3 is 1. The molecule has 10 heteroatoms. The van der Waals surface area contributed by atoms with Crippen molar-refractivity contribution in [3.05, 3.63) is 29.8 Å². The fraction of sp³-hybridized carbons (Fsp3) is 0.333. The number of carbonyl (C=O) groups is 4. The molecule has 1 atom stereocenters. The molecule has 9 nitrogen and oxygen atoms in total. The first-order chi connectivity index (χ1) is 13.3. The van der Waals surface area contributed by atoms with E-state index < -0.39 is 36.1 Å². The molecule has 3 amide bonds. The number of benzene rings is 1. The van der Waals surface area contributed by atoms with Gasteiger partial charge in [0.25, 0.3) is 5.91 Å². The summed E-state index contributed by atoms with van der Waals surface area (Å²) in [5, 5.41) is 4.65.